The van der Waals surface area contributed by atoms with E-state index in [1.807, 2.05) is 11.8 Å². The van der Waals surface area contributed by atoms with Crippen LogP contribution in [0.2, 0.25) is 0 Å². The van der Waals surface area contributed by atoms with Gasteiger partial charge in [0.05, 0.1) is 0 Å². The molecule has 1 aromatic heterocycles. The fourth-order valence-electron chi connectivity index (χ4n) is 5.09. The second-order valence-electron chi connectivity index (χ2n) is 9.28. The Labute approximate surface area is 183 Å². The maximum absolute atomic E-state index is 13.3. The lowest BCUT2D eigenvalue weighted by Crippen LogP contribution is -2.45. The van der Waals surface area contributed by atoms with Gasteiger partial charge in [0.1, 0.15) is 5.76 Å². The van der Waals surface area contributed by atoms with Gasteiger partial charge < -0.3 is 9.42 Å². The van der Waals surface area contributed by atoms with Crippen LogP contribution in [0.15, 0.2) is 53.1 Å². The average Bonchev–Trinajstić information content (AvgIpc) is 3.33. The highest BCUT2D eigenvalue weighted by Gasteiger charge is 2.46. The molecule has 0 bridgehead atoms. The van der Waals surface area contributed by atoms with Crippen LogP contribution >= 0.6 is 0 Å². The smallest absolute Gasteiger partial charge is 0.280 e. The molecule has 0 atom stereocenters. The van der Waals surface area contributed by atoms with E-state index in [1.54, 1.807) is 6.07 Å². The van der Waals surface area contributed by atoms with Crippen LogP contribution in [0, 0.1) is 20.8 Å². The van der Waals surface area contributed by atoms with Gasteiger partial charge in [-0.1, -0.05) is 52.7 Å². The average molecular weight is 416 g/mol. The zero-order chi connectivity index (χ0) is 21.6. The van der Waals surface area contributed by atoms with Crippen LogP contribution in [0.1, 0.15) is 51.3 Å². The molecule has 2 aliphatic heterocycles. The van der Waals surface area contributed by atoms with Crippen molar-refractivity contribution in [1.82, 2.24) is 10.1 Å². The molecule has 3 aromatic rings. The number of fused-ring (bicyclic) bond motifs is 2. The number of anilines is 1. The van der Waals surface area contributed by atoms with Crippen LogP contribution in [-0.4, -0.2) is 35.6 Å². The third kappa shape index (κ3) is 3.68. The summed E-state index contributed by atoms with van der Waals surface area (Å²) in [6.45, 7) is 9.84. The van der Waals surface area contributed by atoms with Gasteiger partial charge in [0.15, 0.2) is 5.69 Å². The normalized spacial score (nSPS) is 17.8. The van der Waals surface area contributed by atoms with Crippen molar-refractivity contribution < 1.29 is 9.32 Å². The van der Waals surface area contributed by atoms with Gasteiger partial charge in [-0.05, 0) is 63.9 Å². The van der Waals surface area contributed by atoms with Crippen molar-refractivity contribution in [3.63, 3.8) is 0 Å². The number of aromatic nitrogens is 1. The van der Waals surface area contributed by atoms with E-state index in [0.29, 0.717) is 11.5 Å². The Morgan fingerprint density at radius 1 is 1.00 bits per heavy atom. The van der Waals surface area contributed by atoms with Gasteiger partial charge in [-0.2, -0.15) is 0 Å². The van der Waals surface area contributed by atoms with Gasteiger partial charge in [-0.3, -0.25) is 9.69 Å². The summed E-state index contributed by atoms with van der Waals surface area (Å²) in [5.41, 5.74) is 6.65. The van der Waals surface area contributed by atoms with Gasteiger partial charge in [0.25, 0.3) is 5.91 Å². The van der Waals surface area contributed by atoms with E-state index in [4.69, 9.17) is 4.52 Å². The zero-order valence-electron chi connectivity index (χ0n) is 18.5. The van der Waals surface area contributed by atoms with E-state index >= 15 is 0 Å². The quantitative estimate of drug-likeness (QED) is 0.617. The summed E-state index contributed by atoms with van der Waals surface area (Å²) in [7, 11) is 0. The van der Waals surface area contributed by atoms with Gasteiger partial charge >= 0.3 is 0 Å². The van der Waals surface area contributed by atoms with Crippen LogP contribution in [0.5, 0.6) is 0 Å². The van der Waals surface area contributed by atoms with Crippen LogP contribution in [-0.2, 0) is 12.0 Å². The Bertz CT molecular complexity index is 1110. The molecule has 0 aliphatic carbocycles. The molecule has 31 heavy (non-hydrogen) atoms. The number of benzene rings is 2. The van der Waals surface area contributed by atoms with E-state index in [2.05, 4.69) is 66.4 Å². The summed E-state index contributed by atoms with van der Waals surface area (Å²) in [6.07, 6.45) is 2.11. The number of likely N-dealkylation sites (tertiary alicyclic amines) is 1. The molecular formula is C26H29N3O2. The fraction of sp³-hybridized carbons (Fsp3) is 0.385. The van der Waals surface area contributed by atoms with E-state index in [9.17, 15) is 4.79 Å². The minimum atomic E-state index is -0.0686. The molecule has 5 nitrogen and oxygen atoms in total. The highest BCUT2D eigenvalue weighted by molar-refractivity contribution is 6.06. The number of hydrogen-bond acceptors (Lipinski definition) is 4. The maximum Gasteiger partial charge on any atom is 0.280 e. The number of aryl methyl sites for hydroxylation is 3. The lowest BCUT2D eigenvalue weighted by Gasteiger charge is -2.40. The Morgan fingerprint density at radius 3 is 2.39 bits per heavy atom. The van der Waals surface area contributed by atoms with E-state index in [0.717, 1.165) is 44.7 Å². The van der Waals surface area contributed by atoms with Gasteiger partial charge in [-0.15, -0.1) is 0 Å². The van der Waals surface area contributed by atoms with Crippen molar-refractivity contribution in [3.8, 4) is 0 Å². The molecule has 1 fully saturated rings. The summed E-state index contributed by atoms with van der Waals surface area (Å²) >= 11 is 0. The topological polar surface area (TPSA) is 49.6 Å². The number of nitrogens with zero attached hydrogens (tertiary/aromatic N) is 3. The summed E-state index contributed by atoms with van der Waals surface area (Å²) in [5, 5.41) is 3.97. The molecule has 2 aromatic carbocycles. The lowest BCUT2D eigenvalue weighted by atomic mass is 9.74. The largest absolute Gasteiger partial charge is 0.361 e. The number of hydrogen-bond donors (Lipinski definition) is 0. The van der Waals surface area contributed by atoms with Crippen molar-refractivity contribution in [2.24, 2.45) is 0 Å². The Morgan fingerprint density at radius 2 is 1.71 bits per heavy atom. The first-order valence-corrected chi connectivity index (χ1v) is 11.1. The molecule has 160 valence electrons. The predicted molar refractivity (Wildman–Crippen MR) is 121 cm³/mol. The molecule has 3 heterocycles. The summed E-state index contributed by atoms with van der Waals surface area (Å²) in [5.74, 6) is 0.590. The van der Waals surface area contributed by atoms with Crippen LogP contribution in [0.25, 0.3) is 0 Å². The van der Waals surface area contributed by atoms with Crippen LogP contribution < -0.4 is 4.90 Å². The van der Waals surface area contributed by atoms with E-state index < -0.39 is 0 Å². The van der Waals surface area contributed by atoms with Crippen LogP contribution in [0.3, 0.4) is 0 Å². The van der Waals surface area contributed by atoms with Crippen LogP contribution in [0.4, 0.5) is 5.69 Å². The molecule has 1 spiro atoms. The fourth-order valence-corrected chi connectivity index (χ4v) is 5.09. The second kappa shape index (κ2) is 7.65. The first kappa shape index (κ1) is 20.0. The SMILES string of the molecule is Cc1ccc(CN2CCC3(CC2)CN(C(=O)c2cc(C)on2)c2ccc(C)cc23)cc1. The van der Waals surface area contributed by atoms with E-state index in [-0.39, 0.29) is 11.3 Å². The highest BCUT2D eigenvalue weighted by atomic mass is 16.5. The minimum absolute atomic E-state index is 0.0135. The number of piperidine rings is 1. The molecule has 0 N–H and O–H groups in total. The van der Waals surface area contributed by atoms with E-state index in [1.165, 1.54) is 22.3 Å². The van der Waals surface area contributed by atoms with Crippen molar-refractivity contribution in [2.45, 2.75) is 45.6 Å². The zero-order valence-corrected chi connectivity index (χ0v) is 18.5. The van der Waals surface area contributed by atoms with Crippen molar-refractivity contribution in [2.75, 3.05) is 24.5 Å². The predicted octanol–water partition coefficient (Wildman–Crippen LogP) is 4.79. The summed E-state index contributed by atoms with van der Waals surface area (Å²) < 4.78 is 5.16. The van der Waals surface area contributed by atoms with Gasteiger partial charge in [0.2, 0.25) is 0 Å². The standard InChI is InChI=1S/C26H29N3O2/c1-18-4-7-21(8-5-18)16-28-12-10-26(11-13-28)17-29(24-9-6-19(2)14-22(24)26)25(30)23-15-20(3)31-27-23/h4-9,14-15H,10-13,16-17H2,1-3H3. The molecular weight excluding hydrogens is 386 g/mol. The molecule has 2 aliphatic rings. The molecule has 0 radical (unpaired) electrons. The summed E-state index contributed by atoms with van der Waals surface area (Å²) in [4.78, 5) is 17.7. The monoisotopic (exact) mass is 415 g/mol. The molecule has 1 amide bonds. The molecule has 0 saturated carbocycles. The number of carbonyl (C=O) groups excluding carboxylic acids is 1. The number of rotatable bonds is 3. The molecule has 1 saturated heterocycles. The second-order valence-corrected chi connectivity index (χ2v) is 9.28. The van der Waals surface area contributed by atoms with Crippen molar-refractivity contribution >= 4 is 11.6 Å². The first-order valence-electron chi connectivity index (χ1n) is 11.1. The molecule has 0 unspecified atom stereocenters. The Balaban J connectivity index is 1.38. The highest BCUT2D eigenvalue weighted by Crippen LogP contribution is 2.48. The third-order valence-electron chi connectivity index (χ3n) is 6.91. The Kier molecular flexibility index (Phi) is 4.94. The van der Waals surface area contributed by atoms with Crippen molar-refractivity contribution in [1.29, 1.82) is 0 Å². The molecule has 5 rings (SSSR count). The van der Waals surface area contributed by atoms with Gasteiger partial charge in [0, 0.05) is 30.3 Å². The van der Waals surface area contributed by atoms with Crippen molar-refractivity contribution in [3.05, 3.63) is 82.2 Å². The minimum Gasteiger partial charge on any atom is -0.361 e. The lowest BCUT2D eigenvalue weighted by molar-refractivity contribution is 0.0967. The number of amides is 1. The Hall–Kier alpha value is -2.92. The third-order valence-corrected chi connectivity index (χ3v) is 6.91. The first-order chi connectivity index (χ1) is 14.9. The number of carbonyl (C=O) groups is 1. The summed E-state index contributed by atoms with van der Waals surface area (Å²) in [6, 6.07) is 17.0. The molecule has 5 heteroatoms. The van der Waals surface area contributed by atoms with Gasteiger partial charge in [-0.25, -0.2) is 0 Å². The maximum atomic E-state index is 13.3.